The monoisotopic (exact) mass is 268 g/mol. The van der Waals surface area contributed by atoms with Crippen molar-refractivity contribution < 1.29 is 4.79 Å². The van der Waals surface area contributed by atoms with E-state index in [1.54, 1.807) is 0 Å². The van der Waals surface area contributed by atoms with Crippen molar-refractivity contribution in [2.45, 2.75) is 44.7 Å². The number of hydrogen-bond acceptors (Lipinski definition) is 4. The first-order chi connectivity index (χ1) is 8.73. The van der Waals surface area contributed by atoms with Crippen molar-refractivity contribution >= 4 is 5.91 Å². The van der Waals surface area contributed by atoms with Gasteiger partial charge in [-0.1, -0.05) is 0 Å². The van der Waals surface area contributed by atoms with Gasteiger partial charge in [0.1, 0.15) is 5.54 Å². The maximum Gasteiger partial charge on any atom is 0.239 e. The van der Waals surface area contributed by atoms with Crippen LogP contribution in [0.5, 0.6) is 0 Å². The van der Waals surface area contributed by atoms with Crippen molar-refractivity contribution in [2.75, 3.05) is 32.7 Å². The number of rotatable bonds is 4. The summed E-state index contributed by atoms with van der Waals surface area (Å²) in [4.78, 5) is 16.4. The highest BCUT2D eigenvalue weighted by Crippen LogP contribution is 2.38. The molecule has 1 aliphatic heterocycles. The molecule has 19 heavy (non-hydrogen) atoms. The van der Waals surface area contributed by atoms with Crippen molar-refractivity contribution in [1.82, 2.24) is 9.80 Å². The van der Waals surface area contributed by atoms with Gasteiger partial charge < -0.3 is 11.5 Å². The van der Waals surface area contributed by atoms with Gasteiger partial charge in [0.15, 0.2) is 0 Å². The normalized spacial score (nSPS) is 26.1. The molecule has 2 fully saturated rings. The number of carbonyl (C=O) groups is 1. The van der Waals surface area contributed by atoms with Gasteiger partial charge in [0.25, 0.3) is 0 Å². The van der Waals surface area contributed by atoms with Crippen molar-refractivity contribution in [3.05, 3.63) is 0 Å². The molecule has 1 unspecified atom stereocenters. The van der Waals surface area contributed by atoms with Crippen LogP contribution in [0.15, 0.2) is 0 Å². The van der Waals surface area contributed by atoms with Crippen LogP contribution in [0.2, 0.25) is 0 Å². The number of nitrogens with zero attached hydrogens (tertiary/aromatic N) is 2. The second kappa shape index (κ2) is 5.04. The molecule has 0 aromatic carbocycles. The Balaban J connectivity index is 1.90. The highest BCUT2D eigenvalue weighted by molar-refractivity contribution is 5.85. The zero-order valence-corrected chi connectivity index (χ0v) is 12.5. The first kappa shape index (κ1) is 14.8. The van der Waals surface area contributed by atoms with E-state index in [9.17, 15) is 4.79 Å². The van der Waals surface area contributed by atoms with E-state index in [4.69, 9.17) is 11.5 Å². The van der Waals surface area contributed by atoms with Crippen molar-refractivity contribution in [1.29, 1.82) is 0 Å². The van der Waals surface area contributed by atoms with E-state index in [-0.39, 0.29) is 11.4 Å². The molecule has 1 amide bonds. The predicted octanol–water partition coefficient (Wildman–Crippen LogP) is -0.00470. The molecule has 0 aromatic rings. The molecule has 1 atom stereocenters. The van der Waals surface area contributed by atoms with E-state index >= 15 is 0 Å². The Morgan fingerprint density at radius 3 is 2.05 bits per heavy atom. The molecular weight excluding hydrogens is 240 g/mol. The van der Waals surface area contributed by atoms with Crippen molar-refractivity contribution in [2.24, 2.45) is 17.4 Å². The minimum atomic E-state index is -0.816. The van der Waals surface area contributed by atoms with Crippen LogP contribution < -0.4 is 11.5 Å². The Labute approximate surface area is 116 Å². The third kappa shape index (κ3) is 3.27. The molecule has 1 saturated carbocycles. The summed E-state index contributed by atoms with van der Waals surface area (Å²) < 4.78 is 0. The molecule has 0 spiro atoms. The van der Waals surface area contributed by atoms with Crippen LogP contribution in [-0.2, 0) is 4.79 Å². The van der Waals surface area contributed by atoms with Crippen LogP contribution >= 0.6 is 0 Å². The minimum Gasteiger partial charge on any atom is -0.368 e. The number of carbonyl (C=O) groups excluding carboxylic acids is 1. The van der Waals surface area contributed by atoms with Gasteiger partial charge in [-0.05, 0) is 39.5 Å². The molecule has 2 rings (SSSR count). The molecule has 1 heterocycles. The van der Waals surface area contributed by atoms with Gasteiger partial charge in [0.2, 0.25) is 5.91 Å². The number of hydrogen-bond donors (Lipinski definition) is 2. The van der Waals surface area contributed by atoms with Crippen molar-refractivity contribution in [3.63, 3.8) is 0 Å². The molecule has 0 bridgehead atoms. The lowest BCUT2D eigenvalue weighted by Crippen LogP contribution is -2.63. The largest absolute Gasteiger partial charge is 0.368 e. The molecule has 5 nitrogen and oxygen atoms in total. The van der Waals surface area contributed by atoms with E-state index in [2.05, 4.69) is 30.6 Å². The lowest BCUT2D eigenvalue weighted by Gasteiger charge is -2.44. The van der Waals surface area contributed by atoms with Crippen LogP contribution in [0.4, 0.5) is 0 Å². The fourth-order valence-electron chi connectivity index (χ4n) is 2.95. The van der Waals surface area contributed by atoms with E-state index in [1.807, 2.05) is 0 Å². The minimum absolute atomic E-state index is 0.214. The summed E-state index contributed by atoms with van der Waals surface area (Å²) in [6.45, 7) is 11.3. The summed E-state index contributed by atoms with van der Waals surface area (Å²) in [7, 11) is 0. The fourth-order valence-corrected chi connectivity index (χ4v) is 2.95. The number of amides is 1. The van der Waals surface area contributed by atoms with Crippen LogP contribution in [-0.4, -0.2) is 59.5 Å². The average Bonchev–Trinajstić information content (AvgIpc) is 3.12. The van der Waals surface area contributed by atoms with Gasteiger partial charge in [-0.3, -0.25) is 14.6 Å². The smallest absolute Gasteiger partial charge is 0.239 e. The van der Waals surface area contributed by atoms with E-state index in [1.165, 1.54) is 0 Å². The molecule has 4 N–H and O–H groups in total. The SMILES string of the molecule is CC(C)(C)N1CCN(CC(N)(C(N)=O)C2CC2)CC1. The summed E-state index contributed by atoms with van der Waals surface area (Å²) in [6, 6.07) is 0. The Bertz CT molecular complexity index is 340. The van der Waals surface area contributed by atoms with E-state index in [0.717, 1.165) is 39.0 Å². The molecule has 0 aromatic heterocycles. The zero-order valence-electron chi connectivity index (χ0n) is 12.5. The summed E-state index contributed by atoms with van der Waals surface area (Å²) in [5.74, 6) is -0.0427. The summed E-state index contributed by atoms with van der Waals surface area (Å²) in [5.41, 5.74) is 11.2. The number of piperazine rings is 1. The first-order valence-electron chi connectivity index (χ1n) is 7.29. The van der Waals surface area contributed by atoms with Crippen LogP contribution in [0.1, 0.15) is 33.6 Å². The quantitative estimate of drug-likeness (QED) is 0.752. The van der Waals surface area contributed by atoms with Crippen LogP contribution in [0, 0.1) is 5.92 Å². The highest BCUT2D eigenvalue weighted by Gasteiger charge is 2.48. The Morgan fingerprint density at radius 1 is 1.16 bits per heavy atom. The third-order valence-electron chi connectivity index (χ3n) is 4.57. The second-order valence-electron chi connectivity index (χ2n) is 7.11. The predicted molar refractivity (Wildman–Crippen MR) is 76.6 cm³/mol. The highest BCUT2D eigenvalue weighted by atomic mass is 16.1. The Kier molecular flexibility index (Phi) is 3.91. The second-order valence-corrected chi connectivity index (χ2v) is 7.11. The van der Waals surface area contributed by atoms with E-state index in [0.29, 0.717) is 12.5 Å². The maximum absolute atomic E-state index is 11.7. The maximum atomic E-state index is 11.7. The van der Waals surface area contributed by atoms with Gasteiger partial charge in [-0.15, -0.1) is 0 Å². The molecule has 110 valence electrons. The zero-order chi connectivity index (χ0) is 14.3. The van der Waals surface area contributed by atoms with Crippen LogP contribution in [0.3, 0.4) is 0 Å². The molecule has 2 aliphatic rings. The summed E-state index contributed by atoms with van der Waals surface area (Å²) >= 11 is 0. The number of primary amides is 1. The van der Waals surface area contributed by atoms with Crippen LogP contribution in [0.25, 0.3) is 0 Å². The van der Waals surface area contributed by atoms with Gasteiger partial charge in [-0.2, -0.15) is 0 Å². The molecule has 1 aliphatic carbocycles. The lowest BCUT2D eigenvalue weighted by molar-refractivity contribution is -0.125. The topological polar surface area (TPSA) is 75.6 Å². The molecular formula is C14H28N4O. The standard InChI is InChI=1S/C14H28N4O/c1-13(2,3)18-8-6-17(7-9-18)10-14(16,12(15)19)11-4-5-11/h11H,4-10,16H2,1-3H3,(H2,15,19). The third-order valence-corrected chi connectivity index (χ3v) is 4.57. The van der Waals surface area contributed by atoms with Gasteiger partial charge in [0.05, 0.1) is 0 Å². The van der Waals surface area contributed by atoms with Gasteiger partial charge in [0, 0.05) is 38.3 Å². The Hall–Kier alpha value is -0.650. The van der Waals surface area contributed by atoms with Gasteiger partial charge in [-0.25, -0.2) is 0 Å². The molecule has 5 heteroatoms. The average molecular weight is 268 g/mol. The van der Waals surface area contributed by atoms with Gasteiger partial charge >= 0.3 is 0 Å². The lowest BCUT2D eigenvalue weighted by atomic mass is 9.92. The van der Waals surface area contributed by atoms with Crippen molar-refractivity contribution in [3.8, 4) is 0 Å². The van der Waals surface area contributed by atoms with E-state index < -0.39 is 5.54 Å². The first-order valence-corrected chi connectivity index (χ1v) is 7.29. The Morgan fingerprint density at radius 2 is 1.68 bits per heavy atom. The molecule has 1 saturated heterocycles. The molecule has 0 radical (unpaired) electrons. The summed E-state index contributed by atoms with van der Waals surface area (Å²) in [5, 5.41) is 0. The number of nitrogens with two attached hydrogens (primary N) is 2. The fraction of sp³-hybridized carbons (Fsp3) is 0.929. The summed E-state index contributed by atoms with van der Waals surface area (Å²) in [6.07, 6.45) is 2.09.